The van der Waals surface area contributed by atoms with Gasteiger partial charge in [0, 0.05) is 5.92 Å². The third-order valence-electron chi connectivity index (χ3n) is 1.53. The van der Waals surface area contributed by atoms with Gasteiger partial charge in [0.25, 0.3) is 0 Å². The van der Waals surface area contributed by atoms with Crippen LogP contribution in [0.15, 0.2) is 24.3 Å². The monoisotopic (exact) mass is 137 g/mol. The fourth-order valence-corrected chi connectivity index (χ4v) is 0.803. The molecular formula is C9H10F. The molecule has 0 saturated carbocycles. The van der Waals surface area contributed by atoms with E-state index in [2.05, 4.69) is 6.07 Å². The van der Waals surface area contributed by atoms with Crippen molar-refractivity contribution < 1.29 is 4.39 Å². The molecule has 1 aromatic rings. The second-order valence-electron chi connectivity index (χ2n) is 2.39. The molecule has 1 atom stereocenters. The normalized spacial score (nSPS) is 13.0. The summed E-state index contributed by atoms with van der Waals surface area (Å²) in [7, 11) is 0. The maximum Gasteiger partial charge on any atom is 0.0960 e. The zero-order valence-corrected chi connectivity index (χ0v) is 5.97. The van der Waals surface area contributed by atoms with Gasteiger partial charge in [-0.1, -0.05) is 31.2 Å². The molecule has 0 unspecified atom stereocenters. The Morgan fingerprint density at radius 1 is 1.70 bits per heavy atom. The number of hydrogen-bond acceptors (Lipinski definition) is 0. The van der Waals surface area contributed by atoms with Crippen LogP contribution in [0.3, 0.4) is 0 Å². The van der Waals surface area contributed by atoms with Crippen molar-refractivity contribution in [1.82, 2.24) is 0 Å². The Balaban J connectivity index is 2.75. The molecule has 0 N–H and O–H groups in total. The van der Waals surface area contributed by atoms with Crippen LogP contribution in [0.4, 0.5) is 4.39 Å². The van der Waals surface area contributed by atoms with Crippen LogP contribution in [0.5, 0.6) is 0 Å². The predicted molar refractivity (Wildman–Crippen MR) is 39.7 cm³/mol. The predicted octanol–water partition coefficient (Wildman–Crippen LogP) is 2.56. The molecule has 0 saturated heterocycles. The molecule has 1 radical (unpaired) electrons. The van der Waals surface area contributed by atoms with Crippen LogP contribution in [-0.2, 0) is 0 Å². The lowest BCUT2D eigenvalue weighted by molar-refractivity contribution is 0.447. The third kappa shape index (κ3) is 1.56. The molecule has 1 aromatic carbocycles. The number of halogens is 1. The summed E-state index contributed by atoms with van der Waals surface area (Å²) < 4.78 is 12.1. The lowest BCUT2D eigenvalue weighted by atomic mass is 10.0. The van der Waals surface area contributed by atoms with Crippen molar-refractivity contribution in [2.45, 2.75) is 12.8 Å². The molecule has 10 heavy (non-hydrogen) atoms. The summed E-state index contributed by atoms with van der Waals surface area (Å²) in [5.74, 6) is 0.0115. The van der Waals surface area contributed by atoms with E-state index in [1.807, 2.05) is 31.2 Å². The second kappa shape index (κ2) is 3.35. The molecule has 0 heterocycles. The van der Waals surface area contributed by atoms with Gasteiger partial charge in [-0.3, -0.25) is 4.39 Å². The van der Waals surface area contributed by atoms with Crippen molar-refractivity contribution in [2.24, 2.45) is 0 Å². The Labute approximate surface area is 60.7 Å². The van der Waals surface area contributed by atoms with E-state index < -0.39 is 0 Å². The van der Waals surface area contributed by atoms with E-state index in [0.717, 1.165) is 5.56 Å². The van der Waals surface area contributed by atoms with Crippen LogP contribution in [0, 0.1) is 6.07 Å². The van der Waals surface area contributed by atoms with E-state index in [-0.39, 0.29) is 12.6 Å². The second-order valence-corrected chi connectivity index (χ2v) is 2.39. The van der Waals surface area contributed by atoms with E-state index in [0.29, 0.717) is 0 Å². The van der Waals surface area contributed by atoms with Crippen molar-refractivity contribution in [1.29, 1.82) is 0 Å². The van der Waals surface area contributed by atoms with Gasteiger partial charge in [0.05, 0.1) is 6.67 Å². The van der Waals surface area contributed by atoms with Gasteiger partial charge < -0.3 is 0 Å². The first-order valence-electron chi connectivity index (χ1n) is 3.36. The molecule has 0 fully saturated rings. The van der Waals surface area contributed by atoms with Crippen LogP contribution in [0.2, 0.25) is 0 Å². The molecule has 0 aliphatic carbocycles. The average molecular weight is 137 g/mol. The van der Waals surface area contributed by atoms with Crippen LogP contribution >= 0.6 is 0 Å². The average Bonchev–Trinajstić information content (AvgIpc) is 2.05. The largest absolute Gasteiger partial charge is 0.250 e. The molecular weight excluding hydrogens is 127 g/mol. The molecule has 1 rings (SSSR count). The molecule has 0 amide bonds. The molecule has 0 spiro atoms. The van der Waals surface area contributed by atoms with Gasteiger partial charge in [-0.25, -0.2) is 0 Å². The van der Waals surface area contributed by atoms with Gasteiger partial charge in [-0.2, -0.15) is 0 Å². The molecule has 0 aliphatic rings. The molecule has 53 valence electrons. The Morgan fingerprint density at radius 3 is 3.00 bits per heavy atom. The highest BCUT2D eigenvalue weighted by Crippen LogP contribution is 2.13. The summed E-state index contributed by atoms with van der Waals surface area (Å²) in [5.41, 5.74) is 1.02. The number of alkyl halides is 1. The lowest BCUT2D eigenvalue weighted by Gasteiger charge is -2.04. The van der Waals surface area contributed by atoms with Gasteiger partial charge in [0.15, 0.2) is 0 Å². The Morgan fingerprint density at radius 2 is 2.50 bits per heavy atom. The lowest BCUT2D eigenvalue weighted by Crippen LogP contribution is -1.93. The molecule has 0 aliphatic heterocycles. The quantitative estimate of drug-likeness (QED) is 0.587. The Bertz CT molecular complexity index is 181. The van der Waals surface area contributed by atoms with Crippen molar-refractivity contribution in [2.75, 3.05) is 6.67 Å². The fraction of sp³-hybridized carbons (Fsp3) is 0.333. The highest BCUT2D eigenvalue weighted by atomic mass is 19.1. The smallest absolute Gasteiger partial charge is 0.0960 e. The molecule has 0 nitrogen and oxygen atoms in total. The molecule has 0 bridgehead atoms. The summed E-state index contributed by atoms with van der Waals surface area (Å²) in [6.07, 6.45) is 0. The van der Waals surface area contributed by atoms with E-state index in [1.165, 1.54) is 0 Å². The van der Waals surface area contributed by atoms with Crippen molar-refractivity contribution in [3.8, 4) is 0 Å². The zero-order chi connectivity index (χ0) is 7.40. The Hall–Kier alpha value is -0.850. The van der Waals surface area contributed by atoms with Crippen molar-refractivity contribution in [3.05, 3.63) is 35.9 Å². The summed E-state index contributed by atoms with van der Waals surface area (Å²) in [4.78, 5) is 0. The van der Waals surface area contributed by atoms with E-state index in [4.69, 9.17) is 0 Å². The summed E-state index contributed by atoms with van der Waals surface area (Å²) in [6.45, 7) is 1.57. The van der Waals surface area contributed by atoms with E-state index in [1.54, 1.807) is 0 Å². The maximum absolute atomic E-state index is 12.1. The minimum absolute atomic E-state index is 0.0115. The van der Waals surface area contributed by atoms with E-state index >= 15 is 0 Å². The molecule has 0 aromatic heterocycles. The third-order valence-corrected chi connectivity index (χ3v) is 1.53. The summed E-state index contributed by atoms with van der Waals surface area (Å²) in [5, 5.41) is 0. The van der Waals surface area contributed by atoms with Crippen LogP contribution < -0.4 is 0 Å². The number of benzene rings is 1. The van der Waals surface area contributed by atoms with Gasteiger partial charge in [-0.15, -0.1) is 0 Å². The first kappa shape index (κ1) is 7.26. The minimum atomic E-state index is -0.294. The van der Waals surface area contributed by atoms with E-state index in [9.17, 15) is 4.39 Å². The summed E-state index contributed by atoms with van der Waals surface area (Å²) in [6, 6.07) is 10.3. The van der Waals surface area contributed by atoms with Crippen LogP contribution in [0.1, 0.15) is 18.4 Å². The number of hydrogen-bond donors (Lipinski definition) is 0. The topological polar surface area (TPSA) is 0 Å². The molecule has 1 heteroatoms. The summed E-state index contributed by atoms with van der Waals surface area (Å²) >= 11 is 0. The van der Waals surface area contributed by atoms with Gasteiger partial charge in [-0.05, 0) is 11.6 Å². The SMILES string of the molecule is C[C@H](CF)c1c[c]ccc1. The minimum Gasteiger partial charge on any atom is -0.250 e. The fourth-order valence-electron chi connectivity index (χ4n) is 0.803. The van der Waals surface area contributed by atoms with Gasteiger partial charge >= 0.3 is 0 Å². The number of rotatable bonds is 2. The zero-order valence-electron chi connectivity index (χ0n) is 5.97. The standard InChI is InChI=1S/C9H10F/c1-8(7-10)9-5-3-2-4-6-9/h2-3,5-6,8H,7H2,1H3/t8-/m1/s1. The van der Waals surface area contributed by atoms with Gasteiger partial charge in [0.1, 0.15) is 0 Å². The van der Waals surface area contributed by atoms with Crippen molar-refractivity contribution in [3.63, 3.8) is 0 Å². The highest BCUT2D eigenvalue weighted by molar-refractivity contribution is 5.17. The first-order chi connectivity index (χ1) is 4.84. The van der Waals surface area contributed by atoms with Gasteiger partial charge in [0.2, 0.25) is 0 Å². The van der Waals surface area contributed by atoms with Crippen LogP contribution in [0.25, 0.3) is 0 Å². The maximum atomic E-state index is 12.1. The highest BCUT2D eigenvalue weighted by Gasteiger charge is 2.01. The van der Waals surface area contributed by atoms with Crippen LogP contribution in [-0.4, -0.2) is 6.67 Å². The Kier molecular flexibility index (Phi) is 2.43. The first-order valence-corrected chi connectivity index (χ1v) is 3.36. The van der Waals surface area contributed by atoms with Crippen molar-refractivity contribution >= 4 is 0 Å².